The molecule has 1 aromatic heterocycles. The molecule has 1 aliphatic rings. The maximum Gasteiger partial charge on any atom is 0.261 e. The summed E-state index contributed by atoms with van der Waals surface area (Å²) in [5, 5.41) is 5.56. The number of halogens is 1. The van der Waals surface area contributed by atoms with E-state index in [2.05, 4.69) is 22.4 Å². The van der Waals surface area contributed by atoms with Gasteiger partial charge >= 0.3 is 0 Å². The van der Waals surface area contributed by atoms with Crippen molar-refractivity contribution in [3.8, 4) is 5.75 Å². The minimum atomic E-state index is 0. The number of carbonyl (C=O) groups excluding carboxylic acids is 1. The Morgan fingerprint density at radius 1 is 1.03 bits per heavy atom. The molecule has 2 heterocycles. The van der Waals surface area contributed by atoms with Crippen molar-refractivity contribution in [3.05, 3.63) is 72.6 Å². The van der Waals surface area contributed by atoms with Crippen molar-refractivity contribution in [2.75, 3.05) is 19.7 Å². The monoisotopic (exact) mass is 425 g/mol. The van der Waals surface area contributed by atoms with Crippen LogP contribution in [0.2, 0.25) is 0 Å². The highest BCUT2D eigenvalue weighted by Gasteiger charge is 2.25. The summed E-state index contributed by atoms with van der Waals surface area (Å²) in [6, 6.07) is 20.1. The Hall–Kier alpha value is -2.63. The number of rotatable bonds is 6. The summed E-state index contributed by atoms with van der Waals surface area (Å²) in [6.07, 6.45) is 4.80. The fourth-order valence-electron chi connectivity index (χ4n) is 3.94. The quantitative estimate of drug-likeness (QED) is 0.642. The molecule has 1 aliphatic heterocycles. The average Bonchev–Trinajstić information content (AvgIpc) is 3.06. The lowest BCUT2D eigenvalue weighted by atomic mass is 10.1. The lowest BCUT2D eigenvalue weighted by Crippen LogP contribution is -2.43. The predicted octanol–water partition coefficient (Wildman–Crippen LogP) is 4.21. The zero-order valence-corrected chi connectivity index (χ0v) is 17.8. The van der Waals surface area contributed by atoms with Crippen molar-refractivity contribution < 1.29 is 9.53 Å². The van der Waals surface area contributed by atoms with Gasteiger partial charge in [-0.1, -0.05) is 42.5 Å². The SMILES string of the molecule is Cl.O=C(COc1cccc2ccccc12)N(Cc1ccccn1)C1CCCNCC1. The van der Waals surface area contributed by atoms with Gasteiger partial charge in [0.25, 0.3) is 5.91 Å². The minimum Gasteiger partial charge on any atom is -0.483 e. The van der Waals surface area contributed by atoms with Crippen molar-refractivity contribution in [2.45, 2.75) is 31.8 Å². The zero-order chi connectivity index (χ0) is 19.9. The highest BCUT2D eigenvalue weighted by molar-refractivity contribution is 5.88. The van der Waals surface area contributed by atoms with Crippen LogP contribution in [0.15, 0.2) is 66.9 Å². The molecule has 1 atom stereocenters. The van der Waals surface area contributed by atoms with Crippen molar-refractivity contribution in [1.29, 1.82) is 0 Å². The van der Waals surface area contributed by atoms with Gasteiger partial charge in [0, 0.05) is 17.6 Å². The first-order valence-electron chi connectivity index (χ1n) is 10.3. The molecule has 0 saturated carbocycles. The Morgan fingerprint density at radius 2 is 1.87 bits per heavy atom. The largest absolute Gasteiger partial charge is 0.483 e. The van der Waals surface area contributed by atoms with Crippen LogP contribution >= 0.6 is 12.4 Å². The van der Waals surface area contributed by atoms with Crippen LogP contribution in [-0.4, -0.2) is 41.5 Å². The van der Waals surface area contributed by atoms with Crippen LogP contribution in [0, 0.1) is 0 Å². The Balaban J connectivity index is 0.00000256. The molecular formula is C24H28ClN3O2. The van der Waals surface area contributed by atoms with E-state index >= 15 is 0 Å². The molecule has 4 rings (SSSR count). The van der Waals surface area contributed by atoms with E-state index in [1.165, 1.54) is 0 Å². The van der Waals surface area contributed by atoms with E-state index in [1.807, 2.05) is 53.4 Å². The lowest BCUT2D eigenvalue weighted by molar-refractivity contribution is -0.136. The summed E-state index contributed by atoms with van der Waals surface area (Å²) in [4.78, 5) is 19.6. The molecule has 0 spiro atoms. The summed E-state index contributed by atoms with van der Waals surface area (Å²) in [7, 11) is 0. The second-order valence-electron chi connectivity index (χ2n) is 7.44. The number of aromatic nitrogens is 1. The number of fused-ring (bicyclic) bond motifs is 1. The van der Waals surface area contributed by atoms with E-state index < -0.39 is 0 Å². The fraction of sp³-hybridized carbons (Fsp3) is 0.333. The van der Waals surface area contributed by atoms with Crippen LogP contribution in [-0.2, 0) is 11.3 Å². The standard InChI is InChI=1S/C24H27N3O2.ClH/c28-24(18-29-23-12-5-8-19-7-1-2-11-22(19)23)27(17-20-9-3-4-15-26-20)21-10-6-14-25-16-13-21;/h1-5,7-9,11-12,15,21,25H,6,10,13-14,16-18H2;1H. The highest BCUT2D eigenvalue weighted by atomic mass is 35.5. The van der Waals surface area contributed by atoms with Crippen molar-refractivity contribution in [2.24, 2.45) is 0 Å². The molecule has 0 aliphatic carbocycles. The number of carbonyl (C=O) groups is 1. The number of hydrogen-bond acceptors (Lipinski definition) is 4. The molecule has 1 unspecified atom stereocenters. The number of nitrogens with one attached hydrogen (secondary N) is 1. The van der Waals surface area contributed by atoms with Gasteiger partial charge in [0.2, 0.25) is 0 Å². The second-order valence-corrected chi connectivity index (χ2v) is 7.44. The van der Waals surface area contributed by atoms with Crippen LogP contribution in [0.1, 0.15) is 25.0 Å². The van der Waals surface area contributed by atoms with Gasteiger partial charge in [0.15, 0.2) is 6.61 Å². The molecule has 1 N–H and O–H groups in total. The van der Waals surface area contributed by atoms with Gasteiger partial charge in [0.1, 0.15) is 5.75 Å². The van der Waals surface area contributed by atoms with Gasteiger partial charge in [0.05, 0.1) is 12.2 Å². The van der Waals surface area contributed by atoms with E-state index in [1.54, 1.807) is 6.20 Å². The first-order valence-corrected chi connectivity index (χ1v) is 10.3. The average molecular weight is 426 g/mol. The molecule has 1 amide bonds. The summed E-state index contributed by atoms with van der Waals surface area (Å²) >= 11 is 0. The van der Waals surface area contributed by atoms with Crippen LogP contribution in [0.4, 0.5) is 0 Å². The Kier molecular flexibility index (Phi) is 8.05. The van der Waals surface area contributed by atoms with E-state index in [-0.39, 0.29) is 31.0 Å². The molecule has 5 nitrogen and oxygen atoms in total. The Bertz CT molecular complexity index is 938. The van der Waals surface area contributed by atoms with Gasteiger partial charge in [-0.05, 0) is 55.9 Å². The molecule has 30 heavy (non-hydrogen) atoms. The van der Waals surface area contributed by atoms with Crippen LogP contribution in [0.3, 0.4) is 0 Å². The van der Waals surface area contributed by atoms with Crippen LogP contribution in [0.25, 0.3) is 10.8 Å². The number of benzene rings is 2. The fourth-order valence-corrected chi connectivity index (χ4v) is 3.94. The summed E-state index contributed by atoms with van der Waals surface area (Å²) in [5.41, 5.74) is 0.906. The maximum absolute atomic E-state index is 13.2. The molecule has 158 valence electrons. The zero-order valence-electron chi connectivity index (χ0n) is 17.0. The minimum absolute atomic E-state index is 0. The van der Waals surface area contributed by atoms with Gasteiger partial charge in [-0.3, -0.25) is 9.78 Å². The number of amides is 1. The van der Waals surface area contributed by atoms with Crippen LogP contribution in [0.5, 0.6) is 5.75 Å². The third kappa shape index (κ3) is 5.49. The maximum atomic E-state index is 13.2. The smallest absolute Gasteiger partial charge is 0.261 e. The summed E-state index contributed by atoms with van der Waals surface area (Å²) in [5.74, 6) is 0.757. The molecule has 0 bridgehead atoms. The summed E-state index contributed by atoms with van der Waals surface area (Å²) < 4.78 is 5.99. The number of nitrogens with zero attached hydrogens (tertiary/aromatic N) is 2. The van der Waals surface area contributed by atoms with Gasteiger partial charge < -0.3 is 15.0 Å². The van der Waals surface area contributed by atoms with Crippen molar-refractivity contribution in [3.63, 3.8) is 0 Å². The third-order valence-electron chi connectivity index (χ3n) is 5.47. The normalized spacial score (nSPS) is 16.3. The van der Waals surface area contributed by atoms with Gasteiger partial charge in [-0.2, -0.15) is 0 Å². The third-order valence-corrected chi connectivity index (χ3v) is 5.47. The Labute approximate surface area is 183 Å². The first-order chi connectivity index (χ1) is 14.3. The molecule has 3 aromatic rings. The summed E-state index contributed by atoms with van der Waals surface area (Å²) in [6.45, 7) is 2.49. The van der Waals surface area contributed by atoms with Crippen LogP contribution < -0.4 is 10.1 Å². The number of ether oxygens (including phenoxy) is 1. The topological polar surface area (TPSA) is 54.5 Å². The second kappa shape index (κ2) is 11.0. The molecule has 1 fully saturated rings. The van der Waals surface area contributed by atoms with E-state index in [4.69, 9.17) is 4.74 Å². The van der Waals surface area contributed by atoms with Gasteiger partial charge in [-0.25, -0.2) is 0 Å². The van der Waals surface area contributed by atoms with Gasteiger partial charge in [-0.15, -0.1) is 12.4 Å². The number of hydrogen-bond donors (Lipinski definition) is 1. The number of pyridine rings is 1. The highest BCUT2D eigenvalue weighted by Crippen LogP contribution is 2.25. The first kappa shape index (κ1) is 22.1. The van der Waals surface area contributed by atoms with E-state index in [9.17, 15) is 4.79 Å². The van der Waals surface area contributed by atoms with Crippen molar-refractivity contribution >= 4 is 29.1 Å². The molecular weight excluding hydrogens is 398 g/mol. The van der Waals surface area contributed by atoms with E-state index in [0.717, 1.165) is 54.6 Å². The Morgan fingerprint density at radius 3 is 2.73 bits per heavy atom. The lowest BCUT2D eigenvalue weighted by Gasteiger charge is -2.31. The molecule has 6 heteroatoms. The molecule has 1 saturated heterocycles. The molecule has 2 aromatic carbocycles. The predicted molar refractivity (Wildman–Crippen MR) is 122 cm³/mol. The van der Waals surface area contributed by atoms with Crippen molar-refractivity contribution in [1.82, 2.24) is 15.2 Å². The molecule has 0 radical (unpaired) electrons. The van der Waals surface area contributed by atoms with E-state index in [0.29, 0.717) is 6.54 Å².